The van der Waals surface area contributed by atoms with Gasteiger partial charge < -0.3 is 5.11 Å². The van der Waals surface area contributed by atoms with E-state index in [0.29, 0.717) is 11.6 Å². The van der Waals surface area contributed by atoms with Crippen molar-refractivity contribution in [2.75, 3.05) is 0 Å². The predicted octanol–water partition coefficient (Wildman–Crippen LogP) is 4.54. The molecular weight excluding hydrogens is 284 g/mol. The maximum Gasteiger partial charge on any atom is 0.419 e. The van der Waals surface area contributed by atoms with Gasteiger partial charge in [0.1, 0.15) is 11.9 Å². The Kier molecular flexibility index (Phi) is 4.05. The summed E-state index contributed by atoms with van der Waals surface area (Å²) in [4.78, 5) is 0. The van der Waals surface area contributed by atoms with Crippen molar-refractivity contribution in [2.45, 2.75) is 26.1 Å². The fraction of sp³-hybridized carbons (Fsp3) is 0.250. The fourth-order valence-corrected chi connectivity index (χ4v) is 2.18. The van der Waals surface area contributed by atoms with Gasteiger partial charge in [-0.25, -0.2) is 4.39 Å². The van der Waals surface area contributed by atoms with Crippen LogP contribution in [0.5, 0.6) is 0 Å². The molecule has 0 aliphatic carbocycles. The highest BCUT2D eigenvalue weighted by atomic mass is 19.4. The molecule has 0 heterocycles. The van der Waals surface area contributed by atoms with Crippen molar-refractivity contribution in [3.05, 3.63) is 70.0 Å². The third-order valence-electron chi connectivity index (χ3n) is 3.55. The van der Waals surface area contributed by atoms with Crippen LogP contribution >= 0.6 is 0 Å². The summed E-state index contributed by atoms with van der Waals surface area (Å²) in [6.07, 6.45) is -6.02. The standard InChI is InChI=1S/C16H14F4O/c1-9-4-3-5-12(10(9)2)15(21)11-6-7-14(17)13(8-11)16(18,19)20/h3-8,15,21H,1-2H3. The number of benzene rings is 2. The van der Waals surface area contributed by atoms with Gasteiger partial charge in [-0.3, -0.25) is 0 Å². The van der Waals surface area contributed by atoms with Crippen LogP contribution in [0.15, 0.2) is 36.4 Å². The highest BCUT2D eigenvalue weighted by Gasteiger charge is 2.34. The summed E-state index contributed by atoms with van der Waals surface area (Å²) in [5, 5.41) is 10.3. The second kappa shape index (κ2) is 5.48. The molecule has 112 valence electrons. The van der Waals surface area contributed by atoms with Crippen molar-refractivity contribution in [2.24, 2.45) is 0 Å². The molecule has 0 spiro atoms. The summed E-state index contributed by atoms with van der Waals surface area (Å²) in [6.45, 7) is 3.62. The predicted molar refractivity (Wildman–Crippen MR) is 71.4 cm³/mol. The number of aliphatic hydroxyl groups excluding tert-OH is 1. The number of halogens is 4. The molecule has 0 saturated heterocycles. The minimum atomic E-state index is -4.79. The van der Waals surface area contributed by atoms with Crippen LogP contribution in [-0.2, 0) is 6.18 Å². The van der Waals surface area contributed by atoms with E-state index in [1.165, 1.54) is 0 Å². The minimum Gasteiger partial charge on any atom is -0.384 e. The number of rotatable bonds is 2. The lowest BCUT2D eigenvalue weighted by Gasteiger charge is -2.17. The summed E-state index contributed by atoms with van der Waals surface area (Å²) in [7, 11) is 0. The third kappa shape index (κ3) is 3.08. The van der Waals surface area contributed by atoms with Gasteiger partial charge in [0.2, 0.25) is 0 Å². The first-order valence-electron chi connectivity index (χ1n) is 6.32. The SMILES string of the molecule is Cc1cccc(C(O)c2ccc(F)c(C(F)(F)F)c2)c1C. The summed E-state index contributed by atoms with van der Waals surface area (Å²) >= 11 is 0. The van der Waals surface area contributed by atoms with Crippen molar-refractivity contribution in [1.82, 2.24) is 0 Å². The molecular formula is C16H14F4O. The highest BCUT2D eigenvalue weighted by molar-refractivity contribution is 5.40. The monoisotopic (exact) mass is 298 g/mol. The normalized spacial score (nSPS) is 13.3. The van der Waals surface area contributed by atoms with Gasteiger partial charge in [0.25, 0.3) is 0 Å². The molecule has 0 amide bonds. The van der Waals surface area contributed by atoms with Crippen LogP contribution < -0.4 is 0 Å². The van der Waals surface area contributed by atoms with E-state index in [-0.39, 0.29) is 5.56 Å². The van der Waals surface area contributed by atoms with Gasteiger partial charge in [-0.15, -0.1) is 0 Å². The third-order valence-corrected chi connectivity index (χ3v) is 3.55. The van der Waals surface area contributed by atoms with Gasteiger partial charge in [0.05, 0.1) is 5.56 Å². The Morgan fingerprint density at radius 3 is 2.33 bits per heavy atom. The van der Waals surface area contributed by atoms with E-state index >= 15 is 0 Å². The molecule has 2 rings (SSSR count). The maximum absolute atomic E-state index is 13.3. The zero-order valence-electron chi connectivity index (χ0n) is 11.5. The molecule has 0 aliphatic rings. The molecule has 1 unspecified atom stereocenters. The van der Waals surface area contributed by atoms with Gasteiger partial charge in [0, 0.05) is 0 Å². The number of alkyl halides is 3. The molecule has 2 aromatic rings. The first kappa shape index (κ1) is 15.5. The molecule has 0 aromatic heterocycles. The van der Waals surface area contributed by atoms with Crippen molar-refractivity contribution >= 4 is 0 Å². The van der Waals surface area contributed by atoms with Crippen LogP contribution in [0.3, 0.4) is 0 Å². The van der Waals surface area contributed by atoms with E-state index in [1.807, 2.05) is 13.0 Å². The summed E-state index contributed by atoms with van der Waals surface area (Å²) in [6, 6.07) is 7.75. The lowest BCUT2D eigenvalue weighted by atomic mass is 9.94. The molecule has 21 heavy (non-hydrogen) atoms. The average molecular weight is 298 g/mol. The van der Waals surface area contributed by atoms with E-state index in [1.54, 1.807) is 19.1 Å². The van der Waals surface area contributed by atoms with E-state index in [2.05, 4.69) is 0 Å². The van der Waals surface area contributed by atoms with Crippen LogP contribution in [0.4, 0.5) is 17.6 Å². The maximum atomic E-state index is 13.3. The molecule has 0 radical (unpaired) electrons. The molecule has 2 aromatic carbocycles. The topological polar surface area (TPSA) is 20.2 Å². The number of aliphatic hydroxyl groups is 1. The smallest absolute Gasteiger partial charge is 0.384 e. The van der Waals surface area contributed by atoms with Crippen LogP contribution in [0, 0.1) is 19.7 Å². The Hall–Kier alpha value is -1.88. The molecule has 0 fully saturated rings. The Morgan fingerprint density at radius 1 is 1.05 bits per heavy atom. The molecule has 0 aliphatic heterocycles. The van der Waals surface area contributed by atoms with Gasteiger partial charge in [0.15, 0.2) is 0 Å². The van der Waals surface area contributed by atoms with Crippen molar-refractivity contribution < 1.29 is 22.7 Å². The van der Waals surface area contributed by atoms with Crippen LogP contribution in [0.25, 0.3) is 0 Å². The summed E-state index contributed by atoms with van der Waals surface area (Å²) in [5.74, 6) is -1.35. The van der Waals surface area contributed by atoms with E-state index in [4.69, 9.17) is 0 Å². The Morgan fingerprint density at radius 2 is 1.71 bits per heavy atom. The van der Waals surface area contributed by atoms with Gasteiger partial charge in [-0.2, -0.15) is 13.2 Å². The second-order valence-corrected chi connectivity index (χ2v) is 4.93. The Bertz CT molecular complexity index is 662. The number of aryl methyl sites for hydroxylation is 1. The van der Waals surface area contributed by atoms with E-state index in [9.17, 15) is 22.7 Å². The molecule has 0 saturated carbocycles. The average Bonchev–Trinajstić information content (AvgIpc) is 2.40. The number of hydrogen-bond acceptors (Lipinski definition) is 1. The van der Waals surface area contributed by atoms with Crippen molar-refractivity contribution in [3.8, 4) is 0 Å². The molecule has 0 bridgehead atoms. The van der Waals surface area contributed by atoms with Crippen molar-refractivity contribution in [3.63, 3.8) is 0 Å². The zero-order valence-corrected chi connectivity index (χ0v) is 11.5. The zero-order chi connectivity index (χ0) is 15.8. The first-order valence-corrected chi connectivity index (χ1v) is 6.32. The summed E-state index contributed by atoms with van der Waals surface area (Å²) < 4.78 is 51.4. The minimum absolute atomic E-state index is 0.0115. The quantitative estimate of drug-likeness (QED) is 0.807. The fourth-order valence-electron chi connectivity index (χ4n) is 2.18. The van der Waals surface area contributed by atoms with Gasteiger partial charge >= 0.3 is 6.18 Å². The Balaban J connectivity index is 2.49. The van der Waals surface area contributed by atoms with Crippen LogP contribution in [-0.4, -0.2) is 5.11 Å². The summed E-state index contributed by atoms with van der Waals surface area (Å²) in [5.41, 5.74) is 0.865. The second-order valence-electron chi connectivity index (χ2n) is 4.93. The Labute approximate surface area is 119 Å². The molecule has 1 atom stereocenters. The lowest BCUT2D eigenvalue weighted by molar-refractivity contribution is -0.140. The molecule has 1 N–H and O–H groups in total. The largest absolute Gasteiger partial charge is 0.419 e. The van der Waals surface area contributed by atoms with Crippen LogP contribution in [0.2, 0.25) is 0 Å². The van der Waals surface area contributed by atoms with E-state index < -0.39 is 23.7 Å². The van der Waals surface area contributed by atoms with Gasteiger partial charge in [-0.1, -0.05) is 24.3 Å². The van der Waals surface area contributed by atoms with Crippen molar-refractivity contribution in [1.29, 1.82) is 0 Å². The lowest BCUT2D eigenvalue weighted by Crippen LogP contribution is -2.11. The molecule has 5 heteroatoms. The number of hydrogen-bond donors (Lipinski definition) is 1. The highest BCUT2D eigenvalue weighted by Crippen LogP contribution is 2.34. The first-order chi connectivity index (χ1) is 9.71. The van der Waals surface area contributed by atoms with Crippen LogP contribution in [0.1, 0.15) is 33.9 Å². The molecule has 1 nitrogen and oxygen atoms in total. The van der Waals surface area contributed by atoms with E-state index in [0.717, 1.165) is 23.3 Å². The van der Waals surface area contributed by atoms with Gasteiger partial charge in [-0.05, 0) is 48.2 Å².